The summed E-state index contributed by atoms with van der Waals surface area (Å²) in [5.41, 5.74) is 8.56. The van der Waals surface area contributed by atoms with E-state index in [9.17, 15) is 10.2 Å². The fourth-order valence-corrected chi connectivity index (χ4v) is 6.29. The van der Waals surface area contributed by atoms with Gasteiger partial charge in [0.05, 0.1) is 18.6 Å². The Morgan fingerprint density at radius 1 is 0.561 bits per heavy atom. The van der Waals surface area contributed by atoms with Gasteiger partial charge in [-0.25, -0.2) is 0 Å². The number of aliphatic hydroxyl groups excluding tert-OH is 2. The van der Waals surface area contributed by atoms with Crippen LogP contribution in [0.1, 0.15) is 74.9 Å². The predicted octanol–water partition coefficient (Wildman–Crippen LogP) is 7.39. The molecule has 4 aromatic carbocycles. The standard InChI is InChI=1S/C37H42O4/c1-35(2,3)31-23-25(15-17-33(31)40-21-19-38)37(26-16-18-34(41-22-20-39)32(24-26)36(4,5)6)29-13-9-7-11-27(29)28-12-8-10-14-30(28)37/h7-18,23-24,38-39H,19-22H2,1-6H3. The minimum absolute atomic E-state index is 0.0314. The smallest absolute Gasteiger partial charge is 0.123 e. The Hall–Kier alpha value is -3.60. The molecule has 0 amide bonds. The Balaban J connectivity index is 1.88. The zero-order chi connectivity index (χ0) is 29.4. The van der Waals surface area contributed by atoms with Gasteiger partial charge in [0.25, 0.3) is 0 Å². The molecular weight excluding hydrogens is 508 g/mol. The molecule has 41 heavy (non-hydrogen) atoms. The third-order valence-electron chi connectivity index (χ3n) is 8.09. The first-order valence-corrected chi connectivity index (χ1v) is 14.5. The van der Waals surface area contributed by atoms with E-state index in [0.29, 0.717) is 0 Å². The molecule has 0 aromatic heterocycles. The lowest BCUT2D eigenvalue weighted by molar-refractivity contribution is 0.199. The van der Waals surface area contributed by atoms with Crippen molar-refractivity contribution in [2.75, 3.05) is 26.4 Å². The van der Waals surface area contributed by atoms with Crippen molar-refractivity contribution in [1.82, 2.24) is 0 Å². The number of hydrogen-bond acceptors (Lipinski definition) is 4. The van der Waals surface area contributed by atoms with Crippen molar-refractivity contribution in [3.8, 4) is 22.6 Å². The van der Waals surface area contributed by atoms with Crippen molar-refractivity contribution < 1.29 is 19.7 Å². The van der Waals surface area contributed by atoms with Gasteiger partial charge in [-0.3, -0.25) is 0 Å². The van der Waals surface area contributed by atoms with Crippen molar-refractivity contribution in [3.05, 3.63) is 118 Å². The van der Waals surface area contributed by atoms with Crippen LogP contribution in [0.4, 0.5) is 0 Å². The zero-order valence-electron chi connectivity index (χ0n) is 25.1. The molecule has 5 rings (SSSR count). The van der Waals surface area contributed by atoms with E-state index < -0.39 is 5.41 Å². The molecule has 0 heterocycles. The van der Waals surface area contributed by atoms with Gasteiger partial charge in [-0.1, -0.05) is 102 Å². The number of rotatable bonds is 8. The van der Waals surface area contributed by atoms with Gasteiger partial charge < -0.3 is 19.7 Å². The van der Waals surface area contributed by atoms with Gasteiger partial charge in [0.1, 0.15) is 24.7 Å². The van der Waals surface area contributed by atoms with Gasteiger partial charge in [-0.15, -0.1) is 0 Å². The summed E-state index contributed by atoms with van der Waals surface area (Å²) in [6.07, 6.45) is 0. The van der Waals surface area contributed by atoms with Crippen molar-refractivity contribution in [1.29, 1.82) is 0 Å². The zero-order valence-corrected chi connectivity index (χ0v) is 25.1. The molecule has 2 N–H and O–H groups in total. The van der Waals surface area contributed by atoms with Crippen LogP contribution in [0.15, 0.2) is 84.9 Å². The average molecular weight is 551 g/mol. The summed E-state index contributed by atoms with van der Waals surface area (Å²) in [6.45, 7) is 13.6. The first kappa shape index (κ1) is 28.9. The van der Waals surface area contributed by atoms with Gasteiger partial charge >= 0.3 is 0 Å². The molecule has 4 aromatic rings. The molecule has 214 valence electrons. The van der Waals surface area contributed by atoms with Crippen LogP contribution >= 0.6 is 0 Å². The normalized spacial score (nSPS) is 14.0. The second-order valence-electron chi connectivity index (χ2n) is 12.9. The predicted molar refractivity (Wildman–Crippen MR) is 166 cm³/mol. The highest BCUT2D eigenvalue weighted by molar-refractivity contribution is 5.86. The van der Waals surface area contributed by atoms with E-state index in [-0.39, 0.29) is 37.3 Å². The van der Waals surface area contributed by atoms with E-state index in [1.165, 1.54) is 33.4 Å². The minimum Gasteiger partial charge on any atom is -0.491 e. The van der Waals surface area contributed by atoms with Crippen molar-refractivity contribution in [2.24, 2.45) is 0 Å². The first-order chi connectivity index (χ1) is 19.5. The van der Waals surface area contributed by atoms with Crippen LogP contribution in [-0.2, 0) is 16.2 Å². The van der Waals surface area contributed by atoms with Crippen molar-refractivity contribution in [3.63, 3.8) is 0 Å². The SMILES string of the molecule is CC(C)(C)c1cc(C2(c3ccc(OCCO)c(C(C)(C)C)c3)c3ccccc3-c3ccccc32)ccc1OCCO. The molecule has 0 saturated carbocycles. The van der Waals surface area contributed by atoms with Crippen molar-refractivity contribution in [2.45, 2.75) is 57.8 Å². The van der Waals surface area contributed by atoms with Crippen LogP contribution in [0.25, 0.3) is 11.1 Å². The fraction of sp³-hybridized carbons (Fsp3) is 0.351. The molecule has 0 aliphatic heterocycles. The maximum Gasteiger partial charge on any atom is 0.123 e. The fourth-order valence-electron chi connectivity index (χ4n) is 6.29. The molecule has 0 atom stereocenters. The highest BCUT2D eigenvalue weighted by Gasteiger charge is 2.47. The molecule has 0 radical (unpaired) electrons. The summed E-state index contributed by atoms with van der Waals surface area (Å²) in [5.74, 6) is 1.60. The molecule has 0 bridgehead atoms. The molecule has 0 unspecified atom stereocenters. The lowest BCUT2D eigenvalue weighted by Gasteiger charge is -2.36. The molecule has 0 saturated heterocycles. The first-order valence-electron chi connectivity index (χ1n) is 14.5. The Morgan fingerprint density at radius 2 is 0.951 bits per heavy atom. The molecular formula is C37H42O4. The van der Waals surface area contributed by atoms with Crippen LogP contribution in [0.3, 0.4) is 0 Å². The summed E-state index contributed by atoms with van der Waals surface area (Å²) in [6, 6.07) is 30.6. The summed E-state index contributed by atoms with van der Waals surface area (Å²) in [5, 5.41) is 19.0. The van der Waals surface area contributed by atoms with Gasteiger partial charge in [0.2, 0.25) is 0 Å². The van der Waals surface area contributed by atoms with Gasteiger partial charge in [0.15, 0.2) is 0 Å². The highest BCUT2D eigenvalue weighted by Crippen LogP contribution is 2.57. The molecule has 4 nitrogen and oxygen atoms in total. The topological polar surface area (TPSA) is 58.9 Å². The molecule has 1 aliphatic carbocycles. The minimum atomic E-state index is -0.571. The van der Waals surface area contributed by atoms with E-state index in [0.717, 1.165) is 22.6 Å². The summed E-state index contributed by atoms with van der Waals surface area (Å²) in [4.78, 5) is 0. The van der Waals surface area contributed by atoms with E-state index in [1.807, 2.05) is 0 Å². The Bertz CT molecular complexity index is 1420. The van der Waals surface area contributed by atoms with E-state index in [2.05, 4.69) is 126 Å². The third-order valence-corrected chi connectivity index (χ3v) is 8.09. The van der Waals surface area contributed by atoms with E-state index in [4.69, 9.17) is 9.47 Å². The van der Waals surface area contributed by atoms with E-state index >= 15 is 0 Å². The van der Waals surface area contributed by atoms with Gasteiger partial charge in [-0.2, -0.15) is 0 Å². The van der Waals surface area contributed by atoms with Crippen LogP contribution in [0.2, 0.25) is 0 Å². The Labute approximate surface area is 244 Å². The second-order valence-corrected chi connectivity index (χ2v) is 12.9. The summed E-state index contributed by atoms with van der Waals surface area (Å²) < 4.78 is 12.1. The molecule has 0 spiro atoms. The highest BCUT2D eigenvalue weighted by atomic mass is 16.5. The lowest BCUT2D eigenvalue weighted by atomic mass is 9.66. The van der Waals surface area contributed by atoms with Gasteiger partial charge in [0, 0.05) is 0 Å². The number of benzene rings is 4. The van der Waals surface area contributed by atoms with Crippen LogP contribution in [0.5, 0.6) is 11.5 Å². The molecule has 1 aliphatic rings. The van der Waals surface area contributed by atoms with E-state index in [1.54, 1.807) is 0 Å². The van der Waals surface area contributed by atoms with Crippen LogP contribution in [0, 0.1) is 0 Å². The summed E-state index contributed by atoms with van der Waals surface area (Å²) in [7, 11) is 0. The number of hydrogen-bond donors (Lipinski definition) is 2. The lowest BCUT2D eigenvalue weighted by Crippen LogP contribution is -2.30. The van der Waals surface area contributed by atoms with Crippen LogP contribution < -0.4 is 9.47 Å². The number of aliphatic hydroxyl groups is 2. The Kier molecular flexibility index (Phi) is 7.76. The molecule has 0 fully saturated rings. The van der Waals surface area contributed by atoms with Crippen LogP contribution in [-0.4, -0.2) is 36.6 Å². The number of ether oxygens (including phenoxy) is 2. The second kappa shape index (κ2) is 11.0. The largest absolute Gasteiger partial charge is 0.491 e. The monoisotopic (exact) mass is 550 g/mol. The maximum absolute atomic E-state index is 9.48. The third kappa shape index (κ3) is 5.05. The molecule has 4 heteroatoms. The Morgan fingerprint density at radius 3 is 1.32 bits per heavy atom. The quantitative estimate of drug-likeness (QED) is 0.212. The maximum atomic E-state index is 9.48. The van der Waals surface area contributed by atoms with Gasteiger partial charge in [-0.05, 0) is 79.6 Å². The average Bonchev–Trinajstić information content (AvgIpc) is 3.25. The summed E-state index contributed by atoms with van der Waals surface area (Å²) >= 11 is 0. The number of fused-ring (bicyclic) bond motifs is 3. The van der Waals surface area contributed by atoms with Crippen molar-refractivity contribution >= 4 is 0 Å².